The molecule has 0 aliphatic rings. The third-order valence-electron chi connectivity index (χ3n) is 3.62. The van der Waals surface area contributed by atoms with Gasteiger partial charge < -0.3 is 9.32 Å². The van der Waals surface area contributed by atoms with Crippen molar-refractivity contribution in [2.45, 2.75) is 0 Å². The van der Waals surface area contributed by atoms with Gasteiger partial charge in [0.1, 0.15) is 10.9 Å². The molecule has 4 rings (SSSR count). The Hall–Kier alpha value is -2.39. The van der Waals surface area contributed by atoms with Crippen LogP contribution in [0.25, 0.3) is 27.6 Å². The van der Waals surface area contributed by atoms with E-state index in [9.17, 15) is 9.59 Å². The molecule has 0 N–H and O–H groups in total. The fourth-order valence-corrected chi connectivity index (χ4v) is 3.56. The first kappa shape index (κ1) is 19.4. The van der Waals surface area contributed by atoms with Gasteiger partial charge >= 0.3 is 5.63 Å². The van der Waals surface area contributed by atoms with Gasteiger partial charge in [0.05, 0.1) is 9.26 Å². The van der Waals surface area contributed by atoms with E-state index in [-0.39, 0.29) is 0 Å². The fraction of sp³-hybridized carbons (Fsp3) is 0.105. The van der Waals surface area contributed by atoms with Crippen LogP contribution in [-0.2, 0) is 4.79 Å². The molecule has 0 fully saturated rings. The van der Waals surface area contributed by atoms with Crippen molar-refractivity contribution in [3.8, 4) is 5.69 Å². The molecular weight excluding hydrogens is 481 g/mol. The average Bonchev–Trinajstić information content (AvgIpc) is 3.10. The molecule has 0 spiro atoms. The molecule has 0 aliphatic heterocycles. The van der Waals surface area contributed by atoms with Crippen LogP contribution in [0.4, 0.5) is 0 Å². The summed E-state index contributed by atoms with van der Waals surface area (Å²) in [6.45, 7) is 0. The molecule has 0 unspecified atom stereocenters. The number of amides is 1. The van der Waals surface area contributed by atoms with Gasteiger partial charge in [0.2, 0.25) is 6.41 Å². The quantitative estimate of drug-likeness (QED) is 0.239. The molecule has 0 bridgehead atoms. The van der Waals surface area contributed by atoms with Gasteiger partial charge in [-0.15, -0.1) is 0 Å². The van der Waals surface area contributed by atoms with Crippen LogP contribution < -0.4 is 5.63 Å². The maximum absolute atomic E-state index is 12.2. The summed E-state index contributed by atoms with van der Waals surface area (Å²) in [6, 6.07) is 13.1. The van der Waals surface area contributed by atoms with Crippen molar-refractivity contribution in [3.63, 3.8) is 0 Å². The third-order valence-corrected chi connectivity index (χ3v) is 4.64. The van der Waals surface area contributed by atoms with Crippen LogP contribution in [0, 0.1) is 3.57 Å². The van der Waals surface area contributed by atoms with Crippen molar-refractivity contribution >= 4 is 62.5 Å². The Morgan fingerprint density at radius 2 is 1.85 bits per heavy atom. The second-order valence-electron chi connectivity index (χ2n) is 5.89. The second-order valence-corrected chi connectivity index (χ2v) is 7.49. The number of hydrogen-bond acceptors (Lipinski definition) is 4. The predicted molar refractivity (Wildman–Crippen MR) is 115 cm³/mol. The van der Waals surface area contributed by atoms with Crippen LogP contribution in [0.15, 0.2) is 57.9 Å². The van der Waals surface area contributed by atoms with Gasteiger partial charge in [-0.2, -0.15) is 5.10 Å². The Kier molecular flexibility index (Phi) is 5.81. The minimum Gasteiger partial charge on any atom is -0.421 e. The summed E-state index contributed by atoms with van der Waals surface area (Å²) >= 11 is 8.23. The Balaban J connectivity index is 0.000000376. The Morgan fingerprint density at radius 3 is 2.48 bits per heavy atom. The highest BCUT2D eigenvalue weighted by Gasteiger charge is 2.15. The molecule has 2 heterocycles. The summed E-state index contributed by atoms with van der Waals surface area (Å²) < 4.78 is 7.90. The first-order valence-electron chi connectivity index (χ1n) is 7.89. The molecule has 0 saturated carbocycles. The maximum atomic E-state index is 12.2. The van der Waals surface area contributed by atoms with E-state index in [1.807, 2.05) is 30.3 Å². The number of aromatic nitrogens is 2. The first-order valence-corrected chi connectivity index (χ1v) is 9.34. The lowest BCUT2D eigenvalue weighted by Gasteiger charge is -2.01. The van der Waals surface area contributed by atoms with E-state index in [1.165, 1.54) is 4.90 Å². The zero-order valence-corrected chi connectivity index (χ0v) is 17.4. The minimum absolute atomic E-state index is 0.398. The highest BCUT2D eigenvalue weighted by atomic mass is 127. The summed E-state index contributed by atoms with van der Waals surface area (Å²) in [5.74, 6) is 0. The zero-order chi connectivity index (χ0) is 19.6. The summed E-state index contributed by atoms with van der Waals surface area (Å²) in [5, 5.41) is 6.31. The molecule has 8 heteroatoms. The van der Waals surface area contributed by atoms with Crippen molar-refractivity contribution < 1.29 is 9.21 Å². The molecule has 138 valence electrons. The van der Waals surface area contributed by atoms with Crippen LogP contribution in [0.1, 0.15) is 0 Å². The molecule has 0 atom stereocenters. The highest BCUT2D eigenvalue weighted by molar-refractivity contribution is 14.1. The smallest absolute Gasteiger partial charge is 0.347 e. The zero-order valence-electron chi connectivity index (χ0n) is 14.5. The van der Waals surface area contributed by atoms with Gasteiger partial charge in [-0.3, -0.25) is 4.79 Å². The number of halogens is 2. The maximum Gasteiger partial charge on any atom is 0.347 e. The fourth-order valence-electron chi connectivity index (χ4n) is 2.42. The minimum atomic E-state index is -0.398. The third kappa shape index (κ3) is 4.14. The number of para-hydroxylation sites is 1. The molecule has 2 aromatic heterocycles. The van der Waals surface area contributed by atoms with Crippen LogP contribution >= 0.6 is 34.2 Å². The second kappa shape index (κ2) is 8.10. The number of nitrogens with zero attached hydrogens (tertiary/aromatic N) is 3. The van der Waals surface area contributed by atoms with E-state index in [1.54, 1.807) is 37.1 Å². The number of carbonyl (C=O) groups excluding carboxylic acids is 1. The molecule has 6 nitrogen and oxygen atoms in total. The summed E-state index contributed by atoms with van der Waals surface area (Å²) in [5.41, 5.74) is 1.59. The van der Waals surface area contributed by atoms with Gasteiger partial charge in [-0.05, 0) is 46.9 Å². The summed E-state index contributed by atoms with van der Waals surface area (Å²) in [6.07, 6.45) is 2.43. The number of rotatable bonds is 2. The van der Waals surface area contributed by atoms with E-state index < -0.39 is 5.63 Å². The average molecular weight is 496 g/mol. The van der Waals surface area contributed by atoms with Crippen molar-refractivity contribution in [1.82, 2.24) is 14.7 Å². The molecule has 1 amide bonds. The normalized spacial score (nSPS) is 10.5. The van der Waals surface area contributed by atoms with E-state index >= 15 is 0 Å². The van der Waals surface area contributed by atoms with Crippen LogP contribution in [0.3, 0.4) is 0 Å². The summed E-state index contributed by atoms with van der Waals surface area (Å²) in [7, 11) is 3.38. The lowest BCUT2D eigenvalue weighted by atomic mass is 10.2. The molecular formula is C19H15ClIN3O3. The van der Waals surface area contributed by atoms with E-state index in [0.717, 1.165) is 21.1 Å². The van der Waals surface area contributed by atoms with Gasteiger partial charge in [-0.25, -0.2) is 9.48 Å². The molecule has 0 radical (unpaired) electrons. The van der Waals surface area contributed by atoms with Crippen molar-refractivity contribution in [1.29, 1.82) is 0 Å². The number of carbonyl (C=O) groups is 1. The monoisotopic (exact) mass is 495 g/mol. The van der Waals surface area contributed by atoms with E-state index in [4.69, 9.17) is 16.0 Å². The van der Waals surface area contributed by atoms with E-state index in [2.05, 4.69) is 27.7 Å². The van der Waals surface area contributed by atoms with Gasteiger partial charge in [-0.1, -0.05) is 29.8 Å². The highest BCUT2D eigenvalue weighted by Crippen LogP contribution is 2.29. The molecule has 2 aromatic carbocycles. The topological polar surface area (TPSA) is 68.3 Å². The Morgan fingerprint density at radius 1 is 1.19 bits per heavy atom. The van der Waals surface area contributed by atoms with Crippen molar-refractivity contribution in [3.05, 3.63) is 67.7 Å². The lowest BCUT2D eigenvalue weighted by Crippen LogP contribution is -2.06. The SMILES string of the molecule is CN(C)C=O.O=c1oc2c(I)cc(Cl)cc2c2nn(-c3ccccc3)cc12. The summed E-state index contributed by atoms with van der Waals surface area (Å²) in [4.78, 5) is 23.1. The predicted octanol–water partition coefficient (Wildman–Crippen LogP) is 4.09. The van der Waals surface area contributed by atoms with Crippen LogP contribution in [-0.4, -0.2) is 35.2 Å². The standard InChI is InChI=1S/C16H8ClIN2O2.C3H7NO/c17-9-6-11-14-12(16(21)22-15(11)13(18)7-9)8-20(19-14)10-4-2-1-3-5-10;1-4(2)3-5/h1-8H;3H,1-2H3. The van der Waals surface area contributed by atoms with Crippen molar-refractivity contribution in [2.75, 3.05) is 14.1 Å². The molecule has 4 aromatic rings. The first-order chi connectivity index (χ1) is 12.9. The largest absolute Gasteiger partial charge is 0.421 e. The lowest BCUT2D eigenvalue weighted by molar-refractivity contribution is -0.115. The number of fused-ring (bicyclic) bond motifs is 3. The Bertz CT molecular complexity index is 1170. The van der Waals surface area contributed by atoms with Gasteiger partial charge in [0, 0.05) is 30.7 Å². The number of benzene rings is 2. The van der Waals surface area contributed by atoms with Crippen molar-refractivity contribution in [2.24, 2.45) is 0 Å². The molecule has 0 aliphatic carbocycles. The Labute approximate surface area is 173 Å². The molecule has 0 saturated heterocycles. The van der Waals surface area contributed by atoms with Crippen LogP contribution in [0.2, 0.25) is 5.02 Å². The van der Waals surface area contributed by atoms with E-state index in [0.29, 0.717) is 21.5 Å². The molecule has 27 heavy (non-hydrogen) atoms. The number of hydrogen-bond donors (Lipinski definition) is 0. The van der Waals surface area contributed by atoms with Gasteiger partial charge in [0.15, 0.2) is 5.58 Å². The van der Waals surface area contributed by atoms with Gasteiger partial charge in [0.25, 0.3) is 0 Å². The van der Waals surface area contributed by atoms with Crippen LogP contribution in [0.5, 0.6) is 0 Å².